The van der Waals surface area contributed by atoms with Crippen LogP contribution in [-0.4, -0.2) is 10.1 Å². The zero-order valence-corrected chi connectivity index (χ0v) is 9.32. The fourth-order valence-electron chi connectivity index (χ4n) is 1.31. The van der Waals surface area contributed by atoms with Crippen molar-refractivity contribution in [3.05, 3.63) is 35.7 Å². The minimum absolute atomic E-state index is 0.0195. The second-order valence-electron chi connectivity index (χ2n) is 3.38. The van der Waals surface area contributed by atoms with Crippen LogP contribution in [-0.2, 0) is 0 Å². The molecule has 1 aromatic carbocycles. The van der Waals surface area contributed by atoms with Gasteiger partial charge in [-0.2, -0.15) is 4.98 Å². The Balaban J connectivity index is 2.31. The van der Waals surface area contributed by atoms with Crippen LogP contribution in [0.5, 0.6) is 0 Å². The topological polar surface area (TPSA) is 38.9 Å². The van der Waals surface area contributed by atoms with Gasteiger partial charge in [-0.25, -0.2) is 0 Å². The molecule has 0 N–H and O–H groups in total. The van der Waals surface area contributed by atoms with Gasteiger partial charge in [0.15, 0.2) is 0 Å². The van der Waals surface area contributed by atoms with Crippen LogP contribution in [0, 0.1) is 6.92 Å². The molecule has 0 amide bonds. The van der Waals surface area contributed by atoms with Crippen molar-refractivity contribution in [2.75, 3.05) is 0 Å². The summed E-state index contributed by atoms with van der Waals surface area (Å²) in [4.78, 5) is 4.14. The Hall–Kier alpha value is -1.35. The van der Waals surface area contributed by atoms with Gasteiger partial charge in [0.05, 0.1) is 5.38 Å². The van der Waals surface area contributed by atoms with E-state index in [9.17, 15) is 0 Å². The van der Waals surface area contributed by atoms with E-state index < -0.39 is 0 Å². The number of benzene rings is 1. The number of nitrogens with zero attached hydrogens (tertiary/aromatic N) is 2. The number of aryl methyl sites for hydroxylation is 1. The molecule has 0 aliphatic rings. The maximum atomic E-state index is 5.96. The van der Waals surface area contributed by atoms with Gasteiger partial charge in [-0.1, -0.05) is 29.4 Å². The molecule has 1 aromatic heterocycles. The third kappa shape index (κ3) is 2.18. The molecule has 3 nitrogen and oxygen atoms in total. The van der Waals surface area contributed by atoms with Crippen LogP contribution in [0.4, 0.5) is 0 Å². The first-order valence-electron chi connectivity index (χ1n) is 4.71. The average Bonchev–Trinajstić information content (AvgIpc) is 2.65. The molecule has 78 valence electrons. The molecule has 0 fully saturated rings. The molecule has 1 unspecified atom stereocenters. The summed E-state index contributed by atoms with van der Waals surface area (Å²) in [6.45, 7) is 3.71. The largest absolute Gasteiger partial charge is 0.339 e. The molecular weight excluding hydrogens is 212 g/mol. The van der Waals surface area contributed by atoms with Gasteiger partial charge in [0, 0.05) is 12.5 Å². The number of hydrogen-bond donors (Lipinski definition) is 0. The molecule has 0 aliphatic heterocycles. The van der Waals surface area contributed by atoms with Gasteiger partial charge in [0.25, 0.3) is 0 Å². The molecular formula is C11H11ClN2O. The summed E-state index contributed by atoms with van der Waals surface area (Å²) in [6, 6.07) is 7.83. The Morgan fingerprint density at radius 2 is 1.93 bits per heavy atom. The summed E-state index contributed by atoms with van der Waals surface area (Å²) in [5.41, 5.74) is 2.02. The van der Waals surface area contributed by atoms with E-state index in [1.54, 1.807) is 6.92 Å². The summed E-state index contributed by atoms with van der Waals surface area (Å²) in [5, 5.41) is 3.86. The number of alkyl halides is 1. The zero-order chi connectivity index (χ0) is 10.8. The molecule has 15 heavy (non-hydrogen) atoms. The lowest BCUT2D eigenvalue weighted by atomic mass is 10.1. The van der Waals surface area contributed by atoms with Crippen LogP contribution < -0.4 is 0 Å². The lowest BCUT2D eigenvalue weighted by Gasteiger charge is -2.02. The Labute approximate surface area is 93.1 Å². The van der Waals surface area contributed by atoms with Crippen molar-refractivity contribution < 1.29 is 4.52 Å². The van der Waals surface area contributed by atoms with E-state index in [4.69, 9.17) is 16.1 Å². The highest BCUT2D eigenvalue weighted by Gasteiger charge is 2.06. The Kier molecular flexibility index (Phi) is 2.73. The van der Waals surface area contributed by atoms with E-state index in [1.165, 1.54) is 0 Å². The first-order valence-corrected chi connectivity index (χ1v) is 5.15. The van der Waals surface area contributed by atoms with E-state index in [-0.39, 0.29) is 5.38 Å². The number of halogens is 1. The Morgan fingerprint density at radius 3 is 2.40 bits per heavy atom. The van der Waals surface area contributed by atoms with Crippen LogP contribution in [0.2, 0.25) is 0 Å². The summed E-state index contributed by atoms with van der Waals surface area (Å²) < 4.78 is 4.91. The standard InChI is InChI=1S/C11H11ClN2O/c1-7(12)9-3-5-10(6-4-9)11-13-8(2)15-14-11/h3-7H,1-2H3. The van der Waals surface area contributed by atoms with Gasteiger partial charge in [0.2, 0.25) is 11.7 Å². The fraction of sp³-hybridized carbons (Fsp3) is 0.273. The average molecular weight is 223 g/mol. The van der Waals surface area contributed by atoms with E-state index in [0.29, 0.717) is 11.7 Å². The van der Waals surface area contributed by atoms with Gasteiger partial charge in [0.1, 0.15) is 0 Å². The molecule has 0 saturated carbocycles. The monoisotopic (exact) mass is 222 g/mol. The highest BCUT2D eigenvalue weighted by Crippen LogP contribution is 2.22. The minimum Gasteiger partial charge on any atom is -0.339 e. The summed E-state index contributed by atoms with van der Waals surface area (Å²) >= 11 is 5.96. The maximum absolute atomic E-state index is 5.96. The number of aromatic nitrogens is 2. The minimum atomic E-state index is 0.0195. The Bertz CT molecular complexity index is 448. The summed E-state index contributed by atoms with van der Waals surface area (Å²) in [6.07, 6.45) is 0. The highest BCUT2D eigenvalue weighted by molar-refractivity contribution is 6.20. The van der Waals surface area contributed by atoms with Crippen molar-refractivity contribution >= 4 is 11.6 Å². The van der Waals surface area contributed by atoms with Crippen molar-refractivity contribution in [1.29, 1.82) is 0 Å². The normalized spacial score (nSPS) is 12.7. The highest BCUT2D eigenvalue weighted by atomic mass is 35.5. The van der Waals surface area contributed by atoms with Crippen LogP contribution >= 0.6 is 11.6 Å². The smallest absolute Gasteiger partial charge is 0.223 e. The van der Waals surface area contributed by atoms with Gasteiger partial charge in [-0.15, -0.1) is 11.6 Å². The third-order valence-corrected chi connectivity index (χ3v) is 2.41. The van der Waals surface area contributed by atoms with Crippen molar-refractivity contribution in [2.45, 2.75) is 19.2 Å². The van der Waals surface area contributed by atoms with E-state index in [1.807, 2.05) is 31.2 Å². The summed E-state index contributed by atoms with van der Waals surface area (Å²) in [5.74, 6) is 1.18. The van der Waals surface area contributed by atoms with Crippen molar-refractivity contribution in [3.8, 4) is 11.4 Å². The van der Waals surface area contributed by atoms with Gasteiger partial charge in [-0.05, 0) is 12.5 Å². The van der Waals surface area contributed by atoms with Crippen molar-refractivity contribution in [3.63, 3.8) is 0 Å². The lowest BCUT2D eigenvalue weighted by Crippen LogP contribution is -1.85. The molecule has 0 radical (unpaired) electrons. The molecule has 0 spiro atoms. The number of rotatable bonds is 2. The molecule has 0 bridgehead atoms. The van der Waals surface area contributed by atoms with Gasteiger partial charge >= 0.3 is 0 Å². The molecule has 0 aliphatic carbocycles. The second kappa shape index (κ2) is 4.03. The first kappa shape index (κ1) is 10.2. The molecule has 0 saturated heterocycles. The van der Waals surface area contributed by atoms with E-state index in [0.717, 1.165) is 11.1 Å². The maximum Gasteiger partial charge on any atom is 0.223 e. The second-order valence-corrected chi connectivity index (χ2v) is 4.03. The molecule has 4 heteroatoms. The van der Waals surface area contributed by atoms with Crippen LogP contribution in [0.3, 0.4) is 0 Å². The fourth-order valence-corrected chi connectivity index (χ4v) is 1.46. The third-order valence-electron chi connectivity index (χ3n) is 2.16. The van der Waals surface area contributed by atoms with E-state index >= 15 is 0 Å². The quantitative estimate of drug-likeness (QED) is 0.732. The van der Waals surface area contributed by atoms with Crippen molar-refractivity contribution in [2.24, 2.45) is 0 Å². The molecule has 2 aromatic rings. The summed E-state index contributed by atoms with van der Waals surface area (Å²) in [7, 11) is 0. The molecule has 2 rings (SSSR count). The van der Waals surface area contributed by atoms with Crippen LogP contribution in [0.15, 0.2) is 28.8 Å². The van der Waals surface area contributed by atoms with Crippen LogP contribution in [0.25, 0.3) is 11.4 Å². The zero-order valence-electron chi connectivity index (χ0n) is 8.57. The predicted octanol–water partition coefficient (Wildman–Crippen LogP) is 3.34. The number of hydrogen-bond acceptors (Lipinski definition) is 3. The molecule has 1 heterocycles. The van der Waals surface area contributed by atoms with Gasteiger partial charge < -0.3 is 4.52 Å². The SMILES string of the molecule is Cc1nc(-c2ccc(C(C)Cl)cc2)no1. The lowest BCUT2D eigenvalue weighted by molar-refractivity contribution is 0.394. The van der Waals surface area contributed by atoms with E-state index in [2.05, 4.69) is 10.1 Å². The molecule has 1 atom stereocenters. The predicted molar refractivity (Wildman–Crippen MR) is 58.7 cm³/mol. The first-order chi connectivity index (χ1) is 7.16. The van der Waals surface area contributed by atoms with Crippen molar-refractivity contribution in [1.82, 2.24) is 10.1 Å². The van der Waals surface area contributed by atoms with Gasteiger partial charge in [-0.3, -0.25) is 0 Å². The Morgan fingerprint density at radius 1 is 1.27 bits per heavy atom. The van der Waals surface area contributed by atoms with Crippen LogP contribution in [0.1, 0.15) is 23.8 Å².